The van der Waals surface area contributed by atoms with E-state index in [4.69, 9.17) is 0 Å². The molecule has 2 atom stereocenters. The Morgan fingerprint density at radius 1 is 1.38 bits per heavy atom. The van der Waals surface area contributed by atoms with Gasteiger partial charge in [0.15, 0.2) is 6.29 Å². The highest BCUT2D eigenvalue weighted by molar-refractivity contribution is 7.10. The van der Waals surface area contributed by atoms with Crippen LogP contribution in [0.3, 0.4) is 0 Å². The number of hydrogen-bond donors (Lipinski definition) is 1. The van der Waals surface area contributed by atoms with Crippen molar-refractivity contribution < 1.29 is 4.79 Å². The molecule has 0 fully saturated rings. The second kappa shape index (κ2) is 7.37. The van der Waals surface area contributed by atoms with Crippen molar-refractivity contribution in [2.24, 2.45) is 0 Å². The van der Waals surface area contributed by atoms with Gasteiger partial charge in [-0.1, -0.05) is 19.1 Å². The summed E-state index contributed by atoms with van der Waals surface area (Å²) in [6, 6.07) is 9.74. The van der Waals surface area contributed by atoms with Gasteiger partial charge >= 0.3 is 0 Å². The van der Waals surface area contributed by atoms with E-state index >= 15 is 0 Å². The molecule has 0 aliphatic heterocycles. The molecule has 3 aromatic rings. The zero-order chi connectivity index (χ0) is 18.1. The van der Waals surface area contributed by atoms with Crippen molar-refractivity contribution >= 4 is 28.5 Å². The molecule has 1 aliphatic carbocycles. The van der Waals surface area contributed by atoms with E-state index in [1.165, 1.54) is 22.4 Å². The molecule has 4 heteroatoms. The first kappa shape index (κ1) is 17.5. The van der Waals surface area contributed by atoms with Crippen LogP contribution in [-0.2, 0) is 12.8 Å². The van der Waals surface area contributed by atoms with Crippen molar-refractivity contribution in [2.45, 2.75) is 51.6 Å². The van der Waals surface area contributed by atoms with Crippen LogP contribution in [0.15, 0.2) is 35.8 Å². The van der Waals surface area contributed by atoms with Crippen LogP contribution in [-0.4, -0.2) is 28.8 Å². The summed E-state index contributed by atoms with van der Waals surface area (Å²) in [5.41, 5.74) is 4.67. The summed E-state index contributed by atoms with van der Waals surface area (Å²) in [5.74, 6) is 0. The minimum absolute atomic E-state index is 0.442. The average molecular weight is 367 g/mol. The number of benzene rings is 1. The van der Waals surface area contributed by atoms with Crippen LogP contribution in [0.1, 0.15) is 59.1 Å². The van der Waals surface area contributed by atoms with Gasteiger partial charge in [0, 0.05) is 39.6 Å². The van der Waals surface area contributed by atoms with Crippen molar-refractivity contribution in [1.82, 2.24) is 9.88 Å². The predicted octanol–water partition coefficient (Wildman–Crippen LogP) is 5.37. The van der Waals surface area contributed by atoms with Crippen LogP contribution < -0.4 is 0 Å². The number of nitrogens with zero attached hydrogens (tertiary/aromatic N) is 1. The van der Waals surface area contributed by atoms with Gasteiger partial charge in [-0.2, -0.15) is 0 Å². The number of thiophene rings is 1. The van der Waals surface area contributed by atoms with Crippen molar-refractivity contribution in [3.8, 4) is 0 Å². The third-order valence-corrected chi connectivity index (χ3v) is 6.84. The lowest BCUT2D eigenvalue weighted by Gasteiger charge is -2.39. The Bertz CT molecular complexity index is 896. The lowest BCUT2D eigenvalue weighted by atomic mass is 9.84. The Balaban J connectivity index is 1.69. The number of aldehydes is 1. The molecule has 1 N–H and O–H groups in total. The summed E-state index contributed by atoms with van der Waals surface area (Å²) in [6.07, 6.45) is 7.31. The second-order valence-electron chi connectivity index (χ2n) is 7.31. The standard InChI is InChI=1S/C22H26N2OS/c1-3-10-24(15(2)21-5-4-11-26-21)18-8-6-16-7-9-20-22(19(16)12-18)17(14-25)13-23-20/h4-5,7,9,11,13-15,18,23H,3,6,8,10,12H2,1-2H3. The molecule has 3 nitrogen and oxygen atoms in total. The SMILES string of the molecule is CCCN(C1CCc2ccc3[nH]cc(C=O)c3c2C1)C(C)c1cccs1. The summed E-state index contributed by atoms with van der Waals surface area (Å²) in [6.45, 7) is 5.72. The number of rotatable bonds is 6. The van der Waals surface area contributed by atoms with Crippen molar-refractivity contribution in [2.75, 3.05) is 6.54 Å². The van der Waals surface area contributed by atoms with Gasteiger partial charge in [-0.25, -0.2) is 0 Å². The van der Waals surface area contributed by atoms with E-state index in [0.717, 1.165) is 48.6 Å². The molecule has 1 aliphatic rings. The molecule has 2 aromatic heterocycles. The lowest BCUT2D eigenvalue weighted by molar-refractivity contribution is 0.112. The van der Waals surface area contributed by atoms with E-state index in [2.05, 4.69) is 53.4 Å². The molecule has 2 unspecified atom stereocenters. The Morgan fingerprint density at radius 3 is 3.00 bits per heavy atom. The maximum Gasteiger partial charge on any atom is 0.152 e. The van der Waals surface area contributed by atoms with Gasteiger partial charge in [-0.3, -0.25) is 9.69 Å². The highest BCUT2D eigenvalue weighted by atomic mass is 32.1. The summed E-state index contributed by atoms with van der Waals surface area (Å²) in [7, 11) is 0. The second-order valence-corrected chi connectivity index (χ2v) is 8.29. The number of carbonyl (C=O) groups excluding carboxylic acids is 1. The van der Waals surface area contributed by atoms with E-state index in [9.17, 15) is 4.79 Å². The maximum atomic E-state index is 11.5. The summed E-state index contributed by atoms with van der Waals surface area (Å²) >= 11 is 1.85. The molecule has 0 saturated carbocycles. The van der Waals surface area contributed by atoms with Gasteiger partial charge in [0.25, 0.3) is 0 Å². The first-order chi connectivity index (χ1) is 12.7. The normalized spacial score (nSPS) is 18.2. The van der Waals surface area contributed by atoms with Gasteiger partial charge < -0.3 is 4.98 Å². The smallest absolute Gasteiger partial charge is 0.152 e. The van der Waals surface area contributed by atoms with Gasteiger partial charge in [-0.05, 0) is 67.8 Å². The molecule has 26 heavy (non-hydrogen) atoms. The number of aromatic nitrogens is 1. The van der Waals surface area contributed by atoms with Crippen LogP contribution in [0.4, 0.5) is 0 Å². The van der Waals surface area contributed by atoms with E-state index in [-0.39, 0.29) is 0 Å². The number of H-pyrrole nitrogens is 1. The number of nitrogens with one attached hydrogen (secondary N) is 1. The van der Waals surface area contributed by atoms with E-state index in [1.54, 1.807) is 0 Å². The van der Waals surface area contributed by atoms with Gasteiger partial charge in [0.2, 0.25) is 0 Å². The Labute approximate surface area is 159 Å². The number of hydrogen-bond acceptors (Lipinski definition) is 3. The van der Waals surface area contributed by atoms with Crippen molar-refractivity contribution in [3.05, 3.63) is 57.4 Å². The molecule has 0 bridgehead atoms. The minimum Gasteiger partial charge on any atom is -0.360 e. The zero-order valence-corrected chi connectivity index (χ0v) is 16.3. The van der Waals surface area contributed by atoms with Crippen LogP contribution in [0, 0.1) is 0 Å². The van der Waals surface area contributed by atoms with Gasteiger partial charge in [0.05, 0.1) is 0 Å². The molecule has 0 saturated heterocycles. The largest absolute Gasteiger partial charge is 0.360 e. The molecule has 0 radical (unpaired) electrons. The van der Waals surface area contributed by atoms with Crippen molar-refractivity contribution in [3.63, 3.8) is 0 Å². The highest BCUT2D eigenvalue weighted by Gasteiger charge is 2.29. The fourth-order valence-electron chi connectivity index (χ4n) is 4.51. The number of aromatic amines is 1. The number of fused-ring (bicyclic) bond motifs is 3. The summed E-state index contributed by atoms with van der Waals surface area (Å²) < 4.78 is 0. The third-order valence-electron chi connectivity index (χ3n) is 5.80. The highest BCUT2D eigenvalue weighted by Crippen LogP contribution is 2.35. The van der Waals surface area contributed by atoms with Crippen LogP contribution in [0.5, 0.6) is 0 Å². The van der Waals surface area contributed by atoms with E-state index < -0.39 is 0 Å². The Morgan fingerprint density at radius 2 is 2.27 bits per heavy atom. The van der Waals surface area contributed by atoms with Crippen LogP contribution in [0.25, 0.3) is 10.9 Å². The fraction of sp³-hybridized carbons (Fsp3) is 0.409. The number of aryl methyl sites for hydroxylation is 1. The minimum atomic E-state index is 0.442. The van der Waals surface area contributed by atoms with Crippen LogP contribution in [0.2, 0.25) is 0 Å². The lowest BCUT2D eigenvalue weighted by Crippen LogP contribution is -2.41. The first-order valence-corrected chi connectivity index (χ1v) is 10.5. The molecule has 0 amide bonds. The van der Waals surface area contributed by atoms with Gasteiger partial charge in [0.1, 0.15) is 0 Å². The molecule has 1 aromatic carbocycles. The summed E-state index contributed by atoms with van der Waals surface area (Å²) in [4.78, 5) is 18.9. The topological polar surface area (TPSA) is 36.1 Å². The van der Waals surface area contributed by atoms with Crippen LogP contribution >= 0.6 is 11.3 Å². The third kappa shape index (κ3) is 3.01. The molecular weight excluding hydrogens is 340 g/mol. The fourth-order valence-corrected chi connectivity index (χ4v) is 5.32. The zero-order valence-electron chi connectivity index (χ0n) is 15.5. The van der Waals surface area contributed by atoms with Gasteiger partial charge in [-0.15, -0.1) is 11.3 Å². The molecule has 4 rings (SSSR count). The predicted molar refractivity (Wildman–Crippen MR) is 109 cm³/mol. The number of carbonyl (C=O) groups is 1. The molecular formula is C22H26N2OS. The molecule has 2 heterocycles. The molecule has 0 spiro atoms. The Kier molecular flexibility index (Phi) is 4.96. The van der Waals surface area contributed by atoms with E-state index in [0.29, 0.717) is 12.1 Å². The maximum absolute atomic E-state index is 11.5. The first-order valence-electron chi connectivity index (χ1n) is 9.59. The van der Waals surface area contributed by atoms with Crippen molar-refractivity contribution in [1.29, 1.82) is 0 Å². The molecule has 136 valence electrons. The monoisotopic (exact) mass is 366 g/mol. The average Bonchev–Trinajstić information content (AvgIpc) is 3.34. The quantitative estimate of drug-likeness (QED) is 0.595. The summed E-state index contributed by atoms with van der Waals surface area (Å²) in [5, 5.41) is 3.31. The van der Waals surface area contributed by atoms with E-state index in [1.807, 2.05) is 17.5 Å². The Hall–Kier alpha value is -1.91.